The molecule has 0 unspecified atom stereocenters. The first-order valence-corrected chi connectivity index (χ1v) is 5.49. The summed E-state index contributed by atoms with van der Waals surface area (Å²) in [4.78, 5) is 11.7. The Morgan fingerprint density at radius 3 is 2.93 bits per heavy atom. The highest BCUT2D eigenvalue weighted by Crippen LogP contribution is 2.28. The Balaban J connectivity index is 2.71. The van der Waals surface area contributed by atoms with Crippen LogP contribution in [0, 0.1) is 6.92 Å². The zero-order valence-electron chi connectivity index (χ0n) is 8.37. The lowest BCUT2D eigenvalue weighted by Crippen LogP contribution is -2.03. The Labute approximate surface area is 87.3 Å². The molecular formula is C10H14O3S. The number of carboxylic acids is 1. The van der Waals surface area contributed by atoms with Crippen LogP contribution in [0.3, 0.4) is 0 Å². The number of carbonyl (C=O) groups is 1. The smallest absolute Gasteiger partial charge is 0.340 e. The molecule has 0 aliphatic rings. The summed E-state index contributed by atoms with van der Waals surface area (Å²) in [5.41, 5.74) is 0.311. The summed E-state index contributed by atoms with van der Waals surface area (Å²) in [6.45, 7) is 4.45. The van der Waals surface area contributed by atoms with Gasteiger partial charge in [0.15, 0.2) is 0 Å². The Bertz CT molecular complexity index is 317. The molecule has 4 heteroatoms. The van der Waals surface area contributed by atoms with E-state index in [1.54, 1.807) is 12.3 Å². The summed E-state index contributed by atoms with van der Waals surface area (Å²) in [6.07, 6.45) is 2.00. The van der Waals surface area contributed by atoms with Crippen molar-refractivity contribution in [1.29, 1.82) is 0 Å². The zero-order valence-corrected chi connectivity index (χ0v) is 9.19. The molecule has 0 radical (unpaired) electrons. The Kier molecular flexibility index (Phi) is 3.95. The van der Waals surface area contributed by atoms with Gasteiger partial charge in [0.1, 0.15) is 11.3 Å². The van der Waals surface area contributed by atoms with E-state index in [0.29, 0.717) is 17.9 Å². The number of ether oxygens (including phenoxy) is 1. The molecular weight excluding hydrogens is 200 g/mol. The molecule has 0 spiro atoms. The van der Waals surface area contributed by atoms with Crippen LogP contribution in [0.2, 0.25) is 0 Å². The van der Waals surface area contributed by atoms with Crippen LogP contribution in [-0.2, 0) is 0 Å². The topological polar surface area (TPSA) is 46.5 Å². The van der Waals surface area contributed by atoms with Gasteiger partial charge in [0.25, 0.3) is 0 Å². The zero-order chi connectivity index (χ0) is 10.6. The molecule has 0 saturated heterocycles. The van der Waals surface area contributed by atoms with Crippen molar-refractivity contribution < 1.29 is 14.6 Å². The predicted octanol–water partition coefficient (Wildman–Crippen LogP) is 2.93. The van der Waals surface area contributed by atoms with Crippen LogP contribution in [0.1, 0.15) is 35.0 Å². The molecule has 78 valence electrons. The molecule has 0 aromatic carbocycles. The monoisotopic (exact) mass is 214 g/mol. The lowest BCUT2D eigenvalue weighted by molar-refractivity contribution is 0.0692. The molecule has 0 saturated carbocycles. The Morgan fingerprint density at radius 1 is 1.64 bits per heavy atom. The first-order chi connectivity index (χ1) is 6.66. The van der Waals surface area contributed by atoms with Gasteiger partial charge in [-0.2, -0.15) is 0 Å². The van der Waals surface area contributed by atoms with E-state index in [4.69, 9.17) is 9.84 Å². The minimum absolute atomic E-state index is 0.311. The van der Waals surface area contributed by atoms with E-state index in [1.165, 1.54) is 11.3 Å². The maximum Gasteiger partial charge on any atom is 0.340 e. The molecule has 0 aliphatic heterocycles. The Hall–Kier alpha value is -1.03. The van der Waals surface area contributed by atoms with Crippen LogP contribution in [0.4, 0.5) is 0 Å². The first kappa shape index (κ1) is 11.0. The molecule has 1 N–H and O–H groups in total. The molecule has 14 heavy (non-hydrogen) atoms. The van der Waals surface area contributed by atoms with Gasteiger partial charge in [0, 0.05) is 10.3 Å². The van der Waals surface area contributed by atoms with Gasteiger partial charge in [-0.3, -0.25) is 0 Å². The van der Waals surface area contributed by atoms with Crippen molar-refractivity contribution in [3.05, 3.63) is 15.8 Å². The fourth-order valence-electron chi connectivity index (χ4n) is 1.12. The van der Waals surface area contributed by atoms with Crippen molar-refractivity contribution in [1.82, 2.24) is 0 Å². The molecule has 1 aromatic heterocycles. The maximum absolute atomic E-state index is 10.9. The molecule has 0 fully saturated rings. The van der Waals surface area contributed by atoms with Gasteiger partial charge in [-0.1, -0.05) is 13.3 Å². The van der Waals surface area contributed by atoms with Gasteiger partial charge in [0.05, 0.1) is 6.61 Å². The van der Waals surface area contributed by atoms with Crippen molar-refractivity contribution in [2.75, 3.05) is 6.61 Å². The second-order valence-corrected chi connectivity index (χ2v) is 4.12. The minimum atomic E-state index is -0.907. The van der Waals surface area contributed by atoms with E-state index in [0.717, 1.165) is 17.7 Å². The number of rotatable bonds is 5. The molecule has 0 atom stereocenters. The number of unbranched alkanes of at least 4 members (excludes halogenated alkanes) is 1. The van der Waals surface area contributed by atoms with Crippen LogP contribution < -0.4 is 4.74 Å². The van der Waals surface area contributed by atoms with E-state index in [9.17, 15) is 4.79 Å². The van der Waals surface area contributed by atoms with E-state index >= 15 is 0 Å². The van der Waals surface area contributed by atoms with Gasteiger partial charge < -0.3 is 9.84 Å². The Morgan fingerprint density at radius 2 is 2.36 bits per heavy atom. The largest absolute Gasteiger partial charge is 0.492 e. The average Bonchev–Trinajstić information content (AvgIpc) is 2.47. The molecule has 1 rings (SSSR count). The predicted molar refractivity (Wildman–Crippen MR) is 56.4 cm³/mol. The molecule has 3 nitrogen and oxygen atoms in total. The molecule has 0 aliphatic carbocycles. The van der Waals surface area contributed by atoms with Gasteiger partial charge >= 0.3 is 5.97 Å². The second-order valence-electron chi connectivity index (χ2n) is 3.04. The number of aryl methyl sites for hydroxylation is 1. The third-order valence-electron chi connectivity index (χ3n) is 1.91. The van der Waals surface area contributed by atoms with E-state index < -0.39 is 5.97 Å². The van der Waals surface area contributed by atoms with Crippen molar-refractivity contribution in [3.8, 4) is 5.75 Å². The van der Waals surface area contributed by atoms with Crippen LogP contribution in [0.25, 0.3) is 0 Å². The number of thiophene rings is 1. The summed E-state index contributed by atoms with van der Waals surface area (Å²) in [7, 11) is 0. The highest BCUT2D eigenvalue weighted by Gasteiger charge is 2.16. The fraction of sp³-hybridized carbons (Fsp3) is 0.500. The van der Waals surface area contributed by atoms with Crippen molar-refractivity contribution >= 4 is 17.3 Å². The van der Waals surface area contributed by atoms with Gasteiger partial charge in [0.2, 0.25) is 0 Å². The van der Waals surface area contributed by atoms with Crippen molar-refractivity contribution in [2.24, 2.45) is 0 Å². The highest BCUT2D eigenvalue weighted by atomic mass is 32.1. The number of hydrogen-bond acceptors (Lipinski definition) is 3. The maximum atomic E-state index is 10.9. The molecule has 1 aromatic rings. The molecule has 0 bridgehead atoms. The van der Waals surface area contributed by atoms with Crippen molar-refractivity contribution in [2.45, 2.75) is 26.7 Å². The van der Waals surface area contributed by atoms with Gasteiger partial charge in [-0.15, -0.1) is 11.3 Å². The van der Waals surface area contributed by atoms with Crippen LogP contribution >= 0.6 is 11.3 Å². The van der Waals surface area contributed by atoms with E-state index in [-0.39, 0.29) is 0 Å². The first-order valence-electron chi connectivity index (χ1n) is 4.61. The third kappa shape index (κ3) is 2.48. The van der Waals surface area contributed by atoms with Crippen LogP contribution in [-0.4, -0.2) is 17.7 Å². The second kappa shape index (κ2) is 5.00. The normalized spacial score (nSPS) is 10.1. The van der Waals surface area contributed by atoms with E-state index in [2.05, 4.69) is 6.92 Å². The number of aromatic carboxylic acids is 1. The molecule has 0 amide bonds. The highest BCUT2D eigenvalue weighted by molar-refractivity contribution is 7.10. The van der Waals surface area contributed by atoms with Crippen LogP contribution in [0.5, 0.6) is 5.75 Å². The average molecular weight is 214 g/mol. The summed E-state index contributed by atoms with van der Waals surface area (Å²) in [5.74, 6) is -0.399. The van der Waals surface area contributed by atoms with Crippen LogP contribution in [0.15, 0.2) is 5.38 Å². The quantitative estimate of drug-likeness (QED) is 0.766. The molecule has 1 heterocycles. The van der Waals surface area contributed by atoms with Gasteiger partial charge in [-0.25, -0.2) is 4.79 Å². The SMILES string of the molecule is CCCCOc1csc(C)c1C(=O)O. The fourth-order valence-corrected chi connectivity index (χ4v) is 1.90. The summed E-state index contributed by atoms with van der Waals surface area (Å²) in [5, 5.41) is 10.7. The van der Waals surface area contributed by atoms with Crippen molar-refractivity contribution in [3.63, 3.8) is 0 Å². The number of carboxylic acid groups (broad SMARTS) is 1. The summed E-state index contributed by atoms with van der Waals surface area (Å²) in [6, 6.07) is 0. The van der Waals surface area contributed by atoms with Gasteiger partial charge in [-0.05, 0) is 13.3 Å². The lowest BCUT2D eigenvalue weighted by atomic mass is 10.2. The van der Waals surface area contributed by atoms with E-state index in [1.807, 2.05) is 0 Å². The third-order valence-corrected chi connectivity index (χ3v) is 2.80. The number of hydrogen-bond donors (Lipinski definition) is 1. The summed E-state index contributed by atoms with van der Waals surface area (Å²) < 4.78 is 5.39. The standard InChI is InChI=1S/C10H14O3S/c1-3-4-5-13-8-6-14-7(2)9(8)10(11)12/h6H,3-5H2,1-2H3,(H,11,12). The minimum Gasteiger partial charge on any atom is -0.492 e. The lowest BCUT2D eigenvalue weighted by Gasteiger charge is -2.04. The summed E-state index contributed by atoms with van der Waals surface area (Å²) >= 11 is 1.41.